The number of hydrogen-bond donors (Lipinski definition) is 1. The molecule has 1 unspecified atom stereocenters. The second-order valence-electron chi connectivity index (χ2n) is 6.19. The average Bonchev–Trinajstić information content (AvgIpc) is 3.03. The first-order valence-corrected chi connectivity index (χ1v) is 10.0. The zero-order valence-corrected chi connectivity index (χ0v) is 17.7. The number of allylic oxidation sites excluding steroid dienone is 1. The highest BCUT2D eigenvalue weighted by Gasteiger charge is 2.21. The van der Waals surface area contributed by atoms with Crippen LogP contribution in [-0.2, 0) is 0 Å². The van der Waals surface area contributed by atoms with Gasteiger partial charge in [-0.25, -0.2) is 0 Å². The van der Waals surface area contributed by atoms with Crippen LogP contribution < -0.4 is 0 Å². The van der Waals surface area contributed by atoms with Crippen molar-refractivity contribution in [1.82, 2.24) is 5.16 Å². The van der Waals surface area contributed by atoms with E-state index in [9.17, 15) is 5.11 Å². The summed E-state index contributed by atoms with van der Waals surface area (Å²) in [4.78, 5) is 0. The van der Waals surface area contributed by atoms with Gasteiger partial charge in [-0.05, 0) is 49.6 Å². The number of aliphatic hydroxyl groups is 1. The second kappa shape index (κ2) is 9.07. The van der Waals surface area contributed by atoms with Gasteiger partial charge in [0, 0.05) is 10.0 Å². The van der Waals surface area contributed by atoms with Crippen LogP contribution in [0, 0.1) is 6.92 Å². The van der Waals surface area contributed by atoms with Crippen LogP contribution in [0.3, 0.4) is 0 Å². The number of halogens is 3. The van der Waals surface area contributed by atoms with Gasteiger partial charge in [-0.1, -0.05) is 74.6 Å². The van der Waals surface area contributed by atoms with E-state index in [2.05, 4.69) is 21.1 Å². The first-order valence-electron chi connectivity index (χ1n) is 8.47. The number of aromatic nitrogens is 1. The van der Waals surface area contributed by atoms with E-state index >= 15 is 0 Å². The van der Waals surface area contributed by atoms with Crippen LogP contribution in [0.2, 0.25) is 10.0 Å². The topological polar surface area (TPSA) is 46.3 Å². The van der Waals surface area contributed by atoms with Crippen molar-refractivity contribution in [2.75, 3.05) is 0 Å². The first kappa shape index (κ1) is 20.2. The molecule has 0 saturated carbocycles. The third-order valence-electron chi connectivity index (χ3n) is 4.21. The predicted octanol–water partition coefficient (Wildman–Crippen LogP) is 7.25. The summed E-state index contributed by atoms with van der Waals surface area (Å²) in [6, 6.07) is 13.2. The van der Waals surface area contributed by atoms with Crippen molar-refractivity contribution in [1.29, 1.82) is 0 Å². The van der Waals surface area contributed by atoms with Gasteiger partial charge in [0.15, 0.2) is 5.76 Å². The predicted molar refractivity (Wildman–Crippen MR) is 114 cm³/mol. The number of benzene rings is 2. The fourth-order valence-electron chi connectivity index (χ4n) is 2.81. The summed E-state index contributed by atoms with van der Waals surface area (Å²) < 4.78 is 6.46. The molecule has 0 saturated heterocycles. The van der Waals surface area contributed by atoms with Crippen LogP contribution in [0.1, 0.15) is 35.8 Å². The van der Waals surface area contributed by atoms with E-state index in [0.29, 0.717) is 34.3 Å². The minimum atomic E-state index is -0.659. The molecule has 2 aromatic carbocycles. The molecule has 1 atom stereocenters. The standard InChI is InChI=1S/C21H18BrCl2NO2/c1-13-20(21(27-25-13)15-7-9-16(22)10-8-15)19(26)5-3-2-4-14-6-11-17(23)18(24)12-14/h2,4,6-12,19,26H,3,5H2,1H3/b4-2+. The summed E-state index contributed by atoms with van der Waals surface area (Å²) in [6.45, 7) is 1.84. The maximum atomic E-state index is 10.7. The van der Waals surface area contributed by atoms with Crippen LogP contribution in [0.5, 0.6) is 0 Å². The van der Waals surface area contributed by atoms with Gasteiger partial charge < -0.3 is 9.63 Å². The normalized spacial score (nSPS) is 12.6. The largest absolute Gasteiger partial charge is 0.388 e. The van der Waals surface area contributed by atoms with E-state index in [4.69, 9.17) is 27.7 Å². The molecule has 0 aliphatic heterocycles. The molecular weight excluding hydrogens is 449 g/mol. The number of rotatable bonds is 6. The van der Waals surface area contributed by atoms with E-state index in [1.54, 1.807) is 6.07 Å². The minimum absolute atomic E-state index is 0.526. The van der Waals surface area contributed by atoms with Crippen LogP contribution >= 0.6 is 39.1 Å². The van der Waals surface area contributed by atoms with Gasteiger partial charge in [-0.3, -0.25) is 0 Å². The molecular formula is C21H18BrCl2NO2. The molecule has 27 heavy (non-hydrogen) atoms. The highest BCUT2D eigenvalue weighted by Crippen LogP contribution is 2.33. The summed E-state index contributed by atoms with van der Waals surface area (Å²) in [5, 5.41) is 15.8. The summed E-state index contributed by atoms with van der Waals surface area (Å²) in [5.74, 6) is 0.612. The van der Waals surface area contributed by atoms with Crippen molar-refractivity contribution in [3.8, 4) is 11.3 Å². The van der Waals surface area contributed by atoms with Crippen molar-refractivity contribution < 1.29 is 9.63 Å². The van der Waals surface area contributed by atoms with Crippen molar-refractivity contribution >= 4 is 45.2 Å². The highest BCUT2D eigenvalue weighted by atomic mass is 79.9. The van der Waals surface area contributed by atoms with E-state index < -0.39 is 6.10 Å². The van der Waals surface area contributed by atoms with Crippen molar-refractivity contribution in [2.45, 2.75) is 25.9 Å². The van der Waals surface area contributed by atoms with Crippen LogP contribution in [0.4, 0.5) is 0 Å². The van der Waals surface area contributed by atoms with Gasteiger partial charge in [0.25, 0.3) is 0 Å². The molecule has 1 heterocycles. The molecule has 0 aliphatic carbocycles. The number of nitrogens with zero attached hydrogens (tertiary/aromatic N) is 1. The van der Waals surface area contributed by atoms with Gasteiger partial charge in [0.1, 0.15) is 0 Å². The van der Waals surface area contributed by atoms with Gasteiger partial charge in [0.05, 0.1) is 27.4 Å². The summed E-state index contributed by atoms with van der Waals surface area (Å²) in [6.07, 6.45) is 4.57. The van der Waals surface area contributed by atoms with Gasteiger partial charge in [0.2, 0.25) is 0 Å². The quantitative estimate of drug-likeness (QED) is 0.416. The zero-order valence-electron chi connectivity index (χ0n) is 14.6. The number of aryl methyl sites for hydroxylation is 1. The molecule has 0 fully saturated rings. The van der Waals surface area contributed by atoms with Gasteiger partial charge >= 0.3 is 0 Å². The van der Waals surface area contributed by atoms with Crippen LogP contribution in [0.15, 0.2) is 57.5 Å². The molecule has 0 spiro atoms. The number of aliphatic hydroxyl groups excluding tert-OH is 1. The third kappa shape index (κ3) is 5.02. The molecule has 6 heteroatoms. The fraction of sp³-hybridized carbons (Fsp3) is 0.190. The summed E-state index contributed by atoms with van der Waals surface area (Å²) in [7, 11) is 0. The van der Waals surface area contributed by atoms with E-state index in [1.165, 1.54) is 0 Å². The van der Waals surface area contributed by atoms with E-state index in [-0.39, 0.29) is 0 Å². The maximum absolute atomic E-state index is 10.7. The molecule has 3 rings (SSSR count). The summed E-state index contributed by atoms with van der Waals surface area (Å²) >= 11 is 15.4. The first-order chi connectivity index (χ1) is 13.0. The lowest BCUT2D eigenvalue weighted by molar-refractivity contribution is 0.168. The summed E-state index contributed by atoms with van der Waals surface area (Å²) in [5.41, 5.74) is 3.30. The Kier molecular flexibility index (Phi) is 6.77. The zero-order chi connectivity index (χ0) is 19.4. The Morgan fingerprint density at radius 1 is 1.15 bits per heavy atom. The lowest BCUT2D eigenvalue weighted by Crippen LogP contribution is -1.99. The SMILES string of the molecule is Cc1noc(-c2ccc(Br)cc2)c1C(O)CC/C=C/c1ccc(Cl)c(Cl)c1. The fourth-order valence-corrected chi connectivity index (χ4v) is 3.38. The van der Waals surface area contributed by atoms with Crippen molar-refractivity contribution in [2.24, 2.45) is 0 Å². The Hall–Kier alpha value is -1.59. The van der Waals surface area contributed by atoms with Gasteiger partial charge in [-0.15, -0.1) is 0 Å². The lowest BCUT2D eigenvalue weighted by atomic mass is 9.99. The third-order valence-corrected chi connectivity index (χ3v) is 5.48. The maximum Gasteiger partial charge on any atom is 0.172 e. The molecule has 1 N–H and O–H groups in total. The highest BCUT2D eigenvalue weighted by molar-refractivity contribution is 9.10. The average molecular weight is 467 g/mol. The Morgan fingerprint density at radius 2 is 1.89 bits per heavy atom. The molecule has 0 aliphatic rings. The second-order valence-corrected chi connectivity index (χ2v) is 7.92. The van der Waals surface area contributed by atoms with Crippen LogP contribution in [-0.4, -0.2) is 10.3 Å². The Morgan fingerprint density at radius 3 is 2.59 bits per heavy atom. The van der Waals surface area contributed by atoms with Gasteiger partial charge in [-0.2, -0.15) is 0 Å². The molecule has 0 bridgehead atoms. The molecule has 0 amide bonds. The molecule has 140 valence electrons. The Labute approximate surface area is 176 Å². The molecule has 0 radical (unpaired) electrons. The van der Waals surface area contributed by atoms with Crippen LogP contribution in [0.25, 0.3) is 17.4 Å². The Balaban J connectivity index is 1.68. The lowest BCUT2D eigenvalue weighted by Gasteiger charge is -2.10. The van der Waals surface area contributed by atoms with Crippen molar-refractivity contribution in [3.05, 3.63) is 79.9 Å². The monoisotopic (exact) mass is 465 g/mol. The number of hydrogen-bond acceptors (Lipinski definition) is 3. The minimum Gasteiger partial charge on any atom is -0.388 e. The van der Waals surface area contributed by atoms with Crippen molar-refractivity contribution in [3.63, 3.8) is 0 Å². The van der Waals surface area contributed by atoms with E-state index in [0.717, 1.165) is 21.2 Å². The molecule has 3 aromatic rings. The Bertz CT molecular complexity index is 951. The van der Waals surface area contributed by atoms with E-state index in [1.807, 2.05) is 55.5 Å². The molecule has 1 aromatic heterocycles. The smallest absolute Gasteiger partial charge is 0.172 e. The molecule has 3 nitrogen and oxygen atoms in total.